The molecule has 0 aliphatic carbocycles. The lowest BCUT2D eigenvalue weighted by Gasteiger charge is -2.33. The Morgan fingerprint density at radius 3 is 2.57 bits per heavy atom. The molecule has 8 nitrogen and oxygen atoms in total. The molecular formula is C20H30N2O6. The van der Waals surface area contributed by atoms with Crippen molar-refractivity contribution in [1.82, 2.24) is 9.80 Å². The van der Waals surface area contributed by atoms with Gasteiger partial charge in [0.25, 0.3) is 5.91 Å². The van der Waals surface area contributed by atoms with Crippen LogP contribution in [0.1, 0.15) is 37.0 Å². The molecule has 156 valence electrons. The van der Waals surface area contributed by atoms with Gasteiger partial charge in [-0.1, -0.05) is 0 Å². The van der Waals surface area contributed by atoms with Crippen LogP contribution in [0.5, 0.6) is 11.5 Å². The maximum Gasteiger partial charge on any atom is 0.407 e. The highest BCUT2D eigenvalue weighted by Crippen LogP contribution is 2.30. The van der Waals surface area contributed by atoms with E-state index in [0.717, 1.165) is 6.42 Å². The Labute approximate surface area is 166 Å². The molecule has 1 aliphatic rings. The Bertz CT molecular complexity index is 679. The lowest BCUT2D eigenvalue weighted by Crippen LogP contribution is -2.46. The summed E-state index contributed by atoms with van der Waals surface area (Å²) in [6.45, 7) is 5.68. The van der Waals surface area contributed by atoms with Crippen molar-refractivity contribution in [3.8, 4) is 11.5 Å². The van der Waals surface area contributed by atoms with E-state index in [1.807, 2.05) is 13.8 Å². The van der Waals surface area contributed by atoms with Gasteiger partial charge in [0.15, 0.2) is 11.5 Å². The minimum absolute atomic E-state index is 0.0561. The molecule has 0 bridgehead atoms. The van der Waals surface area contributed by atoms with Crippen LogP contribution < -0.4 is 9.47 Å². The first-order chi connectivity index (χ1) is 13.4. The number of ether oxygens (including phenoxy) is 3. The quantitative estimate of drug-likeness (QED) is 0.648. The fraction of sp³-hybridized carbons (Fsp3) is 0.600. The first-order valence-corrected chi connectivity index (χ1v) is 9.49. The van der Waals surface area contributed by atoms with Crippen LogP contribution in [0, 0.1) is 0 Å². The van der Waals surface area contributed by atoms with Crippen LogP contribution in [0.3, 0.4) is 0 Å². The molecule has 1 fully saturated rings. The van der Waals surface area contributed by atoms with Gasteiger partial charge in [-0.15, -0.1) is 0 Å². The normalized spacial score (nSPS) is 16.3. The largest absolute Gasteiger partial charge is 0.493 e. The number of carboxylic acid groups (broad SMARTS) is 1. The van der Waals surface area contributed by atoms with E-state index < -0.39 is 6.09 Å². The van der Waals surface area contributed by atoms with Crippen molar-refractivity contribution in [2.75, 3.05) is 40.5 Å². The molecule has 28 heavy (non-hydrogen) atoms. The van der Waals surface area contributed by atoms with Gasteiger partial charge in [-0.3, -0.25) is 4.79 Å². The second-order valence-electron chi connectivity index (χ2n) is 7.04. The molecule has 8 heteroatoms. The standard InChI is InChI=1S/C20H30N2O6/c1-14(2)22(16-8-9-21(13-16)20(24)25)19(23)15-6-7-17(27-4)18(12-15)28-11-5-10-26-3/h6-7,12,14,16H,5,8-11,13H2,1-4H3,(H,24,25). The van der Waals surface area contributed by atoms with Crippen molar-refractivity contribution in [3.63, 3.8) is 0 Å². The third-order valence-electron chi connectivity index (χ3n) is 4.78. The minimum Gasteiger partial charge on any atom is -0.493 e. The van der Waals surface area contributed by atoms with Crippen molar-refractivity contribution < 1.29 is 28.9 Å². The molecule has 0 radical (unpaired) electrons. The van der Waals surface area contributed by atoms with Gasteiger partial charge in [0, 0.05) is 44.8 Å². The van der Waals surface area contributed by atoms with E-state index in [9.17, 15) is 14.7 Å². The lowest BCUT2D eigenvalue weighted by atomic mass is 10.1. The summed E-state index contributed by atoms with van der Waals surface area (Å²) in [5, 5.41) is 9.20. The Kier molecular flexibility index (Phi) is 7.92. The first-order valence-electron chi connectivity index (χ1n) is 9.49. The zero-order valence-corrected chi connectivity index (χ0v) is 17.0. The summed E-state index contributed by atoms with van der Waals surface area (Å²) in [6, 6.07) is 4.92. The number of benzene rings is 1. The van der Waals surface area contributed by atoms with Gasteiger partial charge in [0.1, 0.15) is 0 Å². The van der Waals surface area contributed by atoms with E-state index >= 15 is 0 Å². The maximum absolute atomic E-state index is 13.2. The van der Waals surface area contributed by atoms with Gasteiger partial charge in [0.2, 0.25) is 0 Å². The predicted octanol–water partition coefficient (Wildman–Crippen LogP) is 2.71. The van der Waals surface area contributed by atoms with Crippen LogP contribution in [0.25, 0.3) is 0 Å². The second kappa shape index (κ2) is 10.2. The number of hydrogen-bond acceptors (Lipinski definition) is 5. The highest BCUT2D eigenvalue weighted by molar-refractivity contribution is 5.95. The summed E-state index contributed by atoms with van der Waals surface area (Å²) in [5.41, 5.74) is 0.491. The van der Waals surface area contributed by atoms with E-state index in [4.69, 9.17) is 14.2 Å². The number of likely N-dealkylation sites (tertiary alicyclic amines) is 1. The minimum atomic E-state index is -0.949. The summed E-state index contributed by atoms with van der Waals surface area (Å²) in [7, 11) is 3.19. The van der Waals surface area contributed by atoms with E-state index in [-0.39, 0.29) is 18.0 Å². The fourth-order valence-corrected chi connectivity index (χ4v) is 3.42. The molecule has 1 N–H and O–H groups in total. The number of carbonyl (C=O) groups excluding carboxylic acids is 1. The summed E-state index contributed by atoms with van der Waals surface area (Å²) >= 11 is 0. The number of hydrogen-bond donors (Lipinski definition) is 1. The van der Waals surface area contributed by atoms with Crippen LogP contribution >= 0.6 is 0 Å². The Morgan fingerprint density at radius 2 is 2.00 bits per heavy atom. The number of carbonyl (C=O) groups is 2. The molecule has 0 aromatic heterocycles. The highest BCUT2D eigenvalue weighted by Gasteiger charge is 2.34. The average molecular weight is 394 g/mol. The van der Waals surface area contributed by atoms with Crippen molar-refractivity contribution in [2.24, 2.45) is 0 Å². The Morgan fingerprint density at radius 1 is 1.25 bits per heavy atom. The summed E-state index contributed by atoms with van der Waals surface area (Å²) in [5.74, 6) is 0.923. The average Bonchev–Trinajstić information content (AvgIpc) is 3.14. The van der Waals surface area contributed by atoms with Crippen LogP contribution in [0.4, 0.5) is 4.79 Å². The molecule has 1 atom stereocenters. The monoisotopic (exact) mass is 394 g/mol. The summed E-state index contributed by atoms with van der Waals surface area (Å²) in [4.78, 5) is 27.6. The van der Waals surface area contributed by atoms with Gasteiger partial charge in [0.05, 0.1) is 19.8 Å². The van der Waals surface area contributed by atoms with Crippen molar-refractivity contribution >= 4 is 12.0 Å². The Balaban J connectivity index is 2.18. The topological polar surface area (TPSA) is 88.5 Å². The summed E-state index contributed by atoms with van der Waals surface area (Å²) in [6.07, 6.45) is 0.408. The molecule has 1 unspecified atom stereocenters. The molecule has 1 aromatic rings. The van der Waals surface area contributed by atoms with Gasteiger partial charge < -0.3 is 29.1 Å². The molecule has 2 amide bonds. The van der Waals surface area contributed by atoms with Gasteiger partial charge in [-0.2, -0.15) is 0 Å². The molecule has 1 aliphatic heterocycles. The Hall–Kier alpha value is -2.48. The van der Waals surface area contributed by atoms with Crippen LogP contribution in [0.2, 0.25) is 0 Å². The first kappa shape index (κ1) is 21.8. The van der Waals surface area contributed by atoms with Crippen molar-refractivity contribution in [1.29, 1.82) is 0 Å². The van der Waals surface area contributed by atoms with E-state index in [0.29, 0.717) is 49.8 Å². The number of rotatable bonds is 9. The molecule has 2 rings (SSSR count). The zero-order chi connectivity index (χ0) is 20.7. The third-order valence-corrected chi connectivity index (χ3v) is 4.78. The maximum atomic E-state index is 13.2. The second-order valence-corrected chi connectivity index (χ2v) is 7.04. The number of amides is 2. The molecular weight excluding hydrogens is 364 g/mol. The SMILES string of the molecule is COCCCOc1cc(C(=O)N(C(C)C)C2CCN(C(=O)O)C2)ccc1OC. The highest BCUT2D eigenvalue weighted by atomic mass is 16.5. The van der Waals surface area contributed by atoms with Crippen LogP contribution in [-0.4, -0.2) is 79.5 Å². The third kappa shape index (κ3) is 5.28. The van der Waals surface area contributed by atoms with Gasteiger partial charge >= 0.3 is 6.09 Å². The molecule has 1 heterocycles. The van der Waals surface area contributed by atoms with E-state index in [1.165, 1.54) is 4.90 Å². The van der Waals surface area contributed by atoms with Gasteiger partial charge in [-0.25, -0.2) is 4.79 Å². The van der Waals surface area contributed by atoms with E-state index in [1.54, 1.807) is 37.3 Å². The summed E-state index contributed by atoms with van der Waals surface area (Å²) < 4.78 is 16.1. The molecule has 1 aromatic carbocycles. The van der Waals surface area contributed by atoms with Gasteiger partial charge in [-0.05, 0) is 38.5 Å². The smallest absolute Gasteiger partial charge is 0.407 e. The van der Waals surface area contributed by atoms with Crippen LogP contribution in [0.15, 0.2) is 18.2 Å². The van der Waals surface area contributed by atoms with Crippen molar-refractivity contribution in [3.05, 3.63) is 23.8 Å². The molecule has 0 spiro atoms. The number of methoxy groups -OCH3 is 2. The fourth-order valence-electron chi connectivity index (χ4n) is 3.42. The van der Waals surface area contributed by atoms with Crippen LogP contribution in [-0.2, 0) is 4.74 Å². The van der Waals surface area contributed by atoms with E-state index in [2.05, 4.69) is 0 Å². The zero-order valence-electron chi connectivity index (χ0n) is 17.0. The lowest BCUT2D eigenvalue weighted by molar-refractivity contribution is 0.0611. The number of nitrogens with zero attached hydrogens (tertiary/aromatic N) is 2. The predicted molar refractivity (Wildman–Crippen MR) is 104 cm³/mol. The molecule has 1 saturated heterocycles. The molecule has 0 saturated carbocycles. The van der Waals surface area contributed by atoms with Crippen molar-refractivity contribution in [2.45, 2.75) is 38.8 Å².